The number of thiophene rings is 1. The van der Waals surface area contributed by atoms with Gasteiger partial charge in [0.25, 0.3) is 0 Å². The third-order valence-corrected chi connectivity index (χ3v) is 4.91. The van der Waals surface area contributed by atoms with Crippen LogP contribution in [0.25, 0.3) is 0 Å². The van der Waals surface area contributed by atoms with E-state index in [-0.39, 0.29) is 0 Å². The Balaban J connectivity index is 2.22. The van der Waals surface area contributed by atoms with Crippen molar-refractivity contribution in [1.82, 2.24) is 5.32 Å². The zero-order valence-corrected chi connectivity index (χ0v) is 13.1. The van der Waals surface area contributed by atoms with E-state index < -0.39 is 0 Å². The van der Waals surface area contributed by atoms with Crippen molar-refractivity contribution >= 4 is 27.3 Å². The van der Waals surface area contributed by atoms with E-state index in [0.717, 1.165) is 13.0 Å². The lowest BCUT2D eigenvalue weighted by atomic mass is 9.98. The van der Waals surface area contributed by atoms with Gasteiger partial charge in [-0.05, 0) is 57.9 Å². The topological polar surface area (TPSA) is 12.0 Å². The summed E-state index contributed by atoms with van der Waals surface area (Å²) < 4.78 is 1.21. The predicted octanol–water partition coefficient (Wildman–Crippen LogP) is 4.71. The quantitative estimate of drug-likeness (QED) is 0.840. The molecule has 2 rings (SSSR count). The number of benzene rings is 1. The number of likely N-dealkylation sites (N-methyl/N-ethyl adjacent to an activating group) is 1. The van der Waals surface area contributed by atoms with E-state index in [2.05, 4.69) is 70.1 Å². The molecule has 0 radical (unpaired) electrons. The maximum Gasteiger partial charge on any atom is 0.0380 e. The van der Waals surface area contributed by atoms with E-state index in [1.54, 1.807) is 11.3 Å². The third kappa shape index (κ3) is 3.22. The van der Waals surface area contributed by atoms with Crippen molar-refractivity contribution in [3.05, 3.63) is 56.2 Å². The first-order chi connectivity index (χ1) is 8.72. The second kappa shape index (κ2) is 6.50. The Morgan fingerprint density at radius 3 is 2.67 bits per heavy atom. The first kappa shape index (κ1) is 13.8. The fourth-order valence-electron chi connectivity index (χ4n) is 2.14. The van der Waals surface area contributed by atoms with Crippen LogP contribution >= 0.6 is 27.3 Å². The van der Waals surface area contributed by atoms with Gasteiger partial charge in [0.1, 0.15) is 0 Å². The summed E-state index contributed by atoms with van der Waals surface area (Å²) in [7, 11) is 0. The zero-order valence-electron chi connectivity index (χ0n) is 10.7. The van der Waals surface area contributed by atoms with Crippen LogP contribution in [0.2, 0.25) is 0 Å². The molecule has 1 nitrogen and oxygen atoms in total. The normalized spacial score (nSPS) is 12.6. The molecule has 0 amide bonds. The number of hydrogen-bond acceptors (Lipinski definition) is 2. The number of rotatable bonds is 5. The number of nitrogens with one attached hydrogen (secondary N) is 1. The fraction of sp³-hybridized carbons (Fsp3) is 0.333. The highest BCUT2D eigenvalue weighted by atomic mass is 79.9. The van der Waals surface area contributed by atoms with Crippen LogP contribution in [0.5, 0.6) is 0 Å². The van der Waals surface area contributed by atoms with Gasteiger partial charge < -0.3 is 5.32 Å². The van der Waals surface area contributed by atoms with Crippen molar-refractivity contribution in [2.75, 3.05) is 6.54 Å². The van der Waals surface area contributed by atoms with E-state index in [4.69, 9.17) is 0 Å². The van der Waals surface area contributed by atoms with Gasteiger partial charge in [-0.15, -0.1) is 0 Å². The Morgan fingerprint density at radius 1 is 1.28 bits per heavy atom. The maximum absolute atomic E-state index is 3.64. The summed E-state index contributed by atoms with van der Waals surface area (Å²) in [6.45, 7) is 5.32. The molecular weight excluding hydrogens is 306 g/mol. The van der Waals surface area contributed by atoms with Gasteiger partial charge in [-0.25, -0.2) is 0 Å². The highest BCUT2D eigenvalue weighted by Gasteiger charge is 2.15. The summed E-state index contributed by atoms with van der Waals surface area (Å²) in [4.78, 5) is 0. The third-order valence-electron chi connectivity index (χ3n) is 3.15. The highest BCUT2D eigenvalue weighted by molar-refractivity contribution is 9.10. The molecule has 1 heterocycles. The molecule has 1 aromatic heterocycles. The van der Waals surface area contributed by atoms with Gasteiger partial charge in [0.15, 0.2) is 0 Å². The lowest BCUT2D eigenvalue weighted by Crippen LogP contribution is -2.23. The molecule has 0 aliphatic heterocycles. The van der Waals surface area contributed by atoms with Crippen molar-refractivity contribution in [2.24, 2.45) is 0 Å². The van der Waals surface area contributed by atoms with Crippen LogP contribution in [-0.4, -0.2) is 6.54 Å². The first-order valence-corrected chi connectivity index (χ1v) is 7.95. The first-order valence-electron chi connectivity index (χ1n) is 6.21. The van der Waals surface area contributed by atoms with Gasteiger partial charge in [0, 0.05) is 15.9 Å². The van der Waals surface area contributed by atoms with Crippen molar-refractivity contribution < 1.29 is 0 Å². The standard InChI is InChI=1S/C15H18BrNS/c1-3-17-15(13-9-18-10-14(13)16)8-12-7-5-4-6-11(12)2/h4-7,9-10,15,17H,3,8H2,1-2H3. The highest BCUT2D eigenvalue weighted by Crippen LogP contribution is 2.30. The summed E-state index contributed by atoms with van der Waals surface area (Å²) in [6, 6.07) is 9.01. The lowest BCUT2D eigenvalue weighted by molar-refractivity contribution is 0.548. The van der Waals surface area contributed by atoms with Crippen molar-refractivity contribution in [2.45, 2.75) is 26.3 Å². The molecule has 0 saturated heterocycles. The zero-order chi connectivity index (χ0) is 13.0. The van der Waals surface area contributed by atoms with Crippen molar-refractivity contribution in [1.29, 1.82) is 0 Å². The van der Waals surface area contributed by atoms with Gasteiger partial charge in [0.05, 0.1) is 0 Å². The van der Waals surface area contributed by atoms with E-state index >= 15 is 0 Å². The molecule has 1 aromatic carbocycles. The lowest BCUT2D eigenvalue weighted by Gasteiger charge is -2.19. The molecule has 0 aliphatic carbocycles. The molecular formula is C15H18BrNS. The minimum absolute atomic E-state index is 0.386. The Hall–Kier alpha value is -0.640. The Bertz CT molecular complexity index is 507. The average molecular weight is 324 g/mol. The second-order valence-corrected chi connectivity index (χ2v) is 6.01. The van der Waals surface area contributed by atoms with Gasteiger partial charge in [-0.1, -0.05) is 31.2 Å². The van der Waals surface area contributed by atoms with E-state index in [0.29, 0.717) is 6.04 Å². The summed E-state index contributed by atoms with van der Waals surface area (Å²) in [5.41, 5.74) is 4.15. The Morgan fingerprint density at radius 2 is 2.06 bits per heavy atom. The summed E-state index contributed by atoms with van der Waals surface area (Å²) in [5.74, 6) is 0. The molecule has 18 heavy (non-hydrogen) atoms. The van der Waals surface area contributed by atoms with E-state index in [9.17, 15) is 0 Å². The van der Waals surface area contributed by atoms with Crippen LogP contribution in [0.1, 0.15) is 29.7 Å². The van der Waals surface area contributed by atoms with E-state index in [1.165, 1.54) is 21.2 Å². The summed E-state index contributed by atoms with van der Waals surface area (Å²) in [6.07, 6.45) is 1.04. The summed E-state index contributed by atoms with van der Waals surface area (Å²) >= 11 is 5.39. The molecule has 1 N–H and O–H groups in total. The van der Waals surface area contributed by atoms with Gasteiger partial charge >= 0.3 is 0 Å². The minimum atomic E-state index is 0.386. The largest absolute Gasteiger partial charge is 0.310 e. The minimum Gasteiger partial charge on any atom is -0.310 e. The molecule has 2 aromatic rings. The summed E-state index contributed by atoms with van der Waals surface area (Å²) in [5, 5.41) is 7.96. The monoisotopic (exact) mass is 323 g/mol. The van der Waals surface area contributed by atoms with Crippen LogP contribution in [0.4, 0.5) is 0 Å². The van der Waals surface area contributed by atoms with Crippen LogP contribution in [-0.2, 0) is 6.42 Å². The van der Waals surface area contributed by atoms with Crippen LogP contribution in [0.3, 0.4) is 0 Å². The molecule has 1 unspecified atom stereocenters. The molecule has 0 saturated carbocycles. The fourth-order valence-corrected chi connectivity index (χ4v) is 3.76. The molecule has 1 atom stereocenters. The Labute approximate surface area is 121 Å². The molecule has 0 fully saturated rings. The molecule has 0 spiro atoms. The smallest absolute Gasteiger partial charge is 0.0380 e. The van der Waals surface area contributed by atoms with E-state index in [1.807, 2.05) is 0 Å². The van der Waals surface area contributed by atoms with Gasteiger partial charge in [0.2, 0.25) is 0 Å². The average Bonchev–Trinajstić information content (AvgIpc) is 2.78. The van der Waals surface area contributed by atoms with Gasteiger partial charge in [-0.3, -0.25) is 0 Å². The van der Waals surface area contributed by atoms with Crippen LogP contribution in [0.15, 0.2) is 39.5 Å². The van der Waals surface area contributed by atoms with Crippen LogP contribution in [0, 0.1) is 6.92 Å². The van der Waals surface area contributed by atoms with Crippen molar-refractivity contribution in [3.63, 3.8) is 0 Å². The number of aryl methyl sites for hydroxylation is 1. The Kier molecular flexibility index (Phi) is 4.98. The molecule has 96 valence electrons. The molecule has 0 aliphatic rings. The molecule has 3 heteroatoms. The number of halogens is 1. The van der Waals surface area contributed by atoms with Crippen LogP contribution < -0.4 is 5.32 Å². The number of hydrogen-bond donors (Lipinski definition) is 1. The predicted molar refractivity (Wildman–Crippen MR) is 83.3 cm³/mol. The van der Waals surface area contributed by atoms with Crippen molar-refractivity contribution in [3.8, 4) is 0 Å². The molecule has 0 bridgehead atoms. The second-order valence-electron chi connectivity index (χ2n) is 4.42. The maximum atomic E-state index is 3.64. The SMILES string of the molecule is CCNC(Cc1ccccc1C)c1cscc1Br. The van der Waals surface area contributed by atoms with Gasteiger partial charge in [-0.2, -0.15) is 11.3 Å².